The minimum absolute atomic E-state index is 0. The van der Waals surface area contributed by atoms with Gasteiger partial charge in [0.2, 0.25) is 17.7 Å². The average Bonchev–Trinajstić information content (AvgIpc) is 2.99. The van der Waals surface area contributed by atoms with Crippen molar-refractivity contribution in [2.45, 2.75) is 89.3 Å². The van der Waals surface area contributed by atoms with Gasteiger partial charge in [-0.1, -0.05) is 51.5 Å². The summed E-state index contributed by atoms with van der Waals surface area (Å²) in [6.45, 7) is 5.09. The Kier molecular flexibility index (Phi) is 12.8. The Labute approximate surface area is 262 Å². The van der Waals surface area contributed by atoms with Gasteiger partial charge >= 0.3 is 0 Å². The molecule has 1 N–H and O–H groups in total. The van der Waals surface area contributed by atoms with Crippen LogP contribution in [0.3, 0.4) is 0 Å². The summed E-state index contributed by atoms with van der Waals surface area (Å²) in [7, 11) is 1.64. The van der Waals surface area contributed by atoms with Crippen LogP contribution in [-0.2, 0) is 16.1 Å². The second kappa shape index (κ2) is 15.8. The molecule has 10 heteroatoms. The number of carbonyl (C=O) groups excluding carboxylic acids is 2. The number of pyridine rings is 1. The fraction of sp³-hybridized carbons (Fsp3) is 0.594. The maximum Gasteiger partial charge on any atom is 0.246 e. The van der Waals surface area contributed by atoms with Crippen molar-refractivity contribution in [3.8, 4) is 17.4 Å². The number of hydrogen-bond acceptors (Lipinski definition) is 6. The van der Waals surface area contributed by atoms with E-state index in [-0.39, 0.29) is 42.7 Å². The van der Waals surface area contributed by atoms with Crippen LogP contribution in [0.1, 0.15) is 76.7 Å². The lowest BCUT2D eigenvalue weighted by atomic mass is 9.79. The summed E-state index contributed by atoms with van der Waals surface area (Å²) in [6, 6.07) is 11.0. The maximum absolute atomic E-state index is 13.8. The minimum atomic E-state index is -0.722. The second-order valence-corrected chi connectivity index (χ2v) is 11.7. The molecule has 3 fully saturated rings. The number of methoxy groups -OCH3 is 1. The molecule has 8 nitrogen and oxygen atoms in total. The summed E-state index contributed by atoms with van der Waals surface area (Å²) >= 11 is 0. The number of hydrogen-bond donors (Lipinski definition) is 1. The average molecular weight is 622 g/mol. The molecule has 2 aliphatic heterocycles. The summed E-state index contributed by atoms with van der Waals surface area (Å²) in [5.74, 6) is 2.78. The smallest absolute Gasteiger partial charge is 0.246 e. The van der Waals surface area contributed by atoms with Crippen molar-refractivity contribution < 1.29 is 19.1 Å². The number of likely N-dealkylation sites (tertiary alicyclic amines) is 1. The molecular weight excluding hydrogens is 575 g/mol. The van der Waals surface area contributed by atoms with Crippen LogP contribution in [0.5, 0.6) is 17.4 Å². The molecule has 1 spiro atoms. The number of benzene rings is 1. The van der Waals surface area contributed by atoms with E-state index in [1.807, 2.05) is 47.5 Å². The number of carbonyl (C=O) groups is 2. The summed E-state index contributed by atoms with van der Waals surface area (Å²) in [5.41, 5.74) is 0.373. The molecule has 1 atom stereocenters. The molecule has 5 rings (SSSR count). The number of nitrogens with one attached hydrogen (secondary N) is 1. The number of aromatic nitrogens is 1. The van der Waals surface area contributed by atoms with E-state index >= 15 is 0 Å². The zero-order valence-corrected chi connectivity index (χ0v) is 26.5. The molecule has 2 amide bonds. The van der Waals surface area contributed by atoms with E-state index in [0.717, 1.165) is 50.2 Å². The minimum Gasteiger partial charge on any atom is -0.497 e. The molecule has 0 radical (unpaired) electrons. The highest BCUT2D eigenvalue weighted by Gasteiger charge is 2.53. The SMILES string of the molecule is CCCCN1C(=O)[C@H](CC2CCCCC2)NC(=O)C12CCN(Cc1ccc(Oc3ccc(OC)cc3)nc1)CC2.Cl.Cl. The predicted octanol–water partition coefficient (Wildman–Crippen LogP) is 6.16. The van der Waals surface area contributed by atoms with Crippen molar-refractivity contribution in [1.82, 2.24) is 20.1 Å². The Bertz CT molecular complexity index is 1130. The highest BCUT2D eigenvalue weighted by Crippen LogP contribution is 2.36. The number of unbranched alkanes of at least 4 members (excludes halogenated alkanes) is 1. The molecular formula is C32H46Cl2N4O4. The third-order valence-corrected chi connectivity index (χ3v) is 9.01. The number of rotatable bonds is 10. The third kappa shape index (κ3) is 7.88. The van der Waals surface area contributed by atoms with E-state index in [0.29, 0.717) is 36.9 Å². The Balaban J connectivity index is 0.00000242. The molecule has 1 aromatic heterocycles. The van der Waals surface area contributed by atoms with Gasteiger partial charge in [-0.3, -0.25) is 14.5 Å². The number of nitrogens with zero attached hydrogens (tertiary/aromatic N) is 3. The molecule has 1 saturated carbocycles. The van der Waals surface area contributed by atoms with E-state index in [2.05, 4.69) is 22.1 Å². The van der Waals surface area contributed by atoms with Crippen LogP contribution in [-0.4, -0.2) is 64.9 Å². The lowest BCUT2D eigenvalue weighted by Crippen LogP contribution is -2.73. The second-order valence-electron chi connectivity index (χ2n) is 11.7. The number of halogens is 2. The number of amides is 2. The lowest BCUT2D eigenvalue weighted by Gasteiger charge is -2.52. The Morgan fingerprint density at radius 2 is 1.67 bits per heavy atom. The van der Waals surface area contributed by atoms with Gasteiger partial charge in [-0.2, -0.15) is 0 Å². The van der Waals surface area contributed by atoms with Crippen molar-refractivity contribution >= 4 is 36.6 Å². The highest BCUT2D eigenvalue weighted by molar-refractivity contribution is 6.00. The van der Waals surface area contributed by atoms with Gasteiger partial charge in [0.1, 0.15) is 23.1 Å². The molecule has 42 heavy (non-hydrogen) atoms. The van der Waals surface area contributed by atoms with Gasteiger partial charge in [0, 0.05) is 38.4 Å². The van der Waals surface area contributed by atoms with Crippen LogP contribution in [0.2, 0.25) is 0 Å². The Hall–Kier alpha value is -2.55. The lowest BCUT2D eigenvalue weighted by molar-refractivity contribution is -0.162. The maximum atomic E-state index is 13.8. The van der Waals surface area contributed by atoms with Crippen LogP contribution < -0.4 is 14.8 Å². The van der Waals surface area contributed by atoms with Crippen molar-refractivity contribution in [3.63, 3.8) is 0 Å². The van der Waals surface area contributed by atoms with Crippen molar-refractivity contribution in [1.29, 1.82) is 0 Å². The van der Waals surface area contributed by atoms with E-state index in [4.69, 9.17) is 9.47 Å². The first-order chi connectivity index (χ1) is 19.5. The van der Waals surface area contributed by atoms with Gasteiger partial charge in [0.25, 0.3) is 0 Å². The fourth-order valence-electron chi connectivity index (χ4n) is 6.60. The number of ether oxygens (including phenoxy) is 2. The van der Waals surface area contributed by atoms with Crippen molar-refractivity contribution in [2.24, 2.45) is 5.92 Å². The third-order valence-electron chi connectivity index (χ3n) is 9.01. The first-order valence-electron chi connectivity index (χ1n) is 15.1. The van der Waals surface area contributed by atoms with Crippen LogP contribution in [0.25, 0.3) is 0 Å². The first-order valence-corrected chi connectivity index (χ1v) is 15.1. The predicted molar refractivity (Wildman–Crippen MR) is 169 cm³/mol. The van der Waals surface area contributed by atoms with Gasteiger partial charge in [-0.25, -0.2) is 4.98 Å². The number of piperazine rings is 1. The monoisotopic (exact) mass is 620 g/mol. The van der Waals surface area contributed by atoms with Crippen LogP contribution in [0.4, 0.5) is 0 Å². The van der Waals surface area contributed by atoms with E-state index in [1.165, 1.54) is 32.1 Å². The van der Waals surface area contributed by atoms with Gasteiger partial charge in [0.05, 0.1) is 7.11 Å². The van der Waals surface area contributed by atoms with E-state index in [1.54, 1.807) is 7.11 Å². The molecule has 232 valence electrons. The number of piperidine rings is 1. The fourth-order valence-corrected chi connectivity index (χ4v) is 6.60. The molecule has 1 aliphatic carbocycles. The molecule has 3 aliphatic rings. The molecule has 1 aromatic carbocycles. The van der Waals surface area contributed by atoms with Gasteiger partial charge in [-0.05, 0) is 61.4 Å². The normalized spacial score (nSPS) is 20.8. The van der Waals surface area contributed by atoms with Crippen LogP contribution in [0.15, 0.2) is 42.6 Å². The molecule has 2 aromatic rings. The van der Waals surface area contributed by atoms with E-state index < -0.39 is 5.54 Å². The van der Waals surface area contributed by atoms with Crippen LogP contribution in [0, 0.1) is 5.92 Å². The standard InChI is InChI=1S/C32H44N4O4.2ClH/c1-3-4-18-36-30(37)28(21-24-8-6-5-7-9-24)34-31(38)32(36)16-19-35(20-17-32)23-25-10-15-29(33-22-25)40-27-13-11-26(39-2)12-14-27;;/h10-15,22,24,28H,3-9,16-21,23H2,1-2H3,(H,34,38);2*1H/t28-;;/m0../s1. The first kappa shape index (κ1) is 33.9. The Morgan fingerprint density at radius 3 is 2.29 bits per heavy atom. The molecule has 2 saturated heterocycles. The molecule has 0 unspecified atom stereocenters. The highest BCUT2D eigenvalue weighted by atomic mass is 35.5. The topological polar surface area (TPSA) is 84.0 Å². The summed E-state index contributed by atoms with van der Waals surface area (Å²) in [4.78, 5) is 36.3. The quantitative estimate of drug-likeness (QED) is 0.342. The molecule has 3 heterocycles. The van der Waals surface area contributed by atoms with Crippen LogP contribution >= 0.6 is 24.8 Å². The van der Waals surface area contributed by atoms with Crippen molar-refractivity contribution in [2.75, 3.05) is 26.7 Å². The van der Waals surface area contributed by atoms with Gasteiger partial charge in [-0.15, -0.1) is 24.8 Å². The van der Waals surface area contributed by atoms with Gasteiger partial charge < -0.3 is 19.7 Å². The summed E-state index contributed by atoms with van der Waals surface area (Å²) < 4.78 is 11.1. The Morgan fingerprint density at radius 1 is 0.976 bits per heavy atom. The van der Waals surface area contributed by atoms with Crippen molar-refractivity contribution in [3.05, 3.63) is 48.2 Å². The zero-order valence-electron chi connectivity index (χ0n) is 24.9. The molecule has 0 bridgehead atoms. The zero-order chi connectivity index (χ0) is 28.0. The van der Waals surface area contributed by atoms with Gasteiger partial charge in [0.15, 0.2) is 0 Å². The summed E-state index contributed by atoms with van der Waals surface area (Å²) in [5, 5.41) is 3.20. The van der Waals surface area contributed by atoms with E-state index in [9.17, 15) is 9.59 Å². The largest absolute Gasteiger partial charge is 0.497 e. The summed E-state index contributed by atoms with van der Waals surface area (Å²) in [6.07, 6.45) is 12.0.